The highest BCUT2D eigenvalue weighted by Crippen LogP contribution is 2.30. The molecule has 2 nitrogen and oxygen atoms in total. The molecule has 13 heavy (non-hydrogen) atoms. The second kappa shape index (κ2) is 4.03. The molecule has 0 aliphatic heterocycles. The average molecular weight is 195 g/mol. The van der Waals surface area contributed by atoms with Crippen molar-refractivity contribution in [2.45, 2.75) is 31.8 Å². The van der Waals surface area contributed by atoms with Gasteiger partial charge in [-0.15, -0.1) is 11.3 Å². The monoisotopic (exact) mass is 195 g/mol. The Labute approximate surface area is 81.9 Å². The number of hydrogen-bond donors (Lipinski definition) is 1. The quantitative estimate of drug-likeness (QED) is 0.736. The number of thiazole rings is 1. The van der Waals surface area contributed by atoms with Crippen molar-refractivity contribution in [1.29, 1.82) is 0 Å². The van der Waals surface area contributed by atoms with E-state index in [0.29, 0.717) is 0 Å². The van der Waals surface area contributed by atoms with Gasteiger partial charge in [-0.25, -0.2) is 4.98 Å². The lowest BCUT2D eigenvalue weighted by molar-refractivity contribution is 0.208. The second-order valence-corrected chi connectivity index (χ2v) is 4.22. The molecule has 0 spiro atoms. The maximum absolute atomic E-state index is 9.91. The molecule has 1 heterocycles. The summed E-state index contributed by atoms with van der Waals surface area (Å²) in [4.78, 5) is 4.12. The highest BCUT2D eigenvalue weighted by atomic mass is 32.1. The van der Waals surface area contributed by atoms with Gasteiger partial charge in [0, 0.05) is 11.6 Å². The van der Waals surface area contributed by atoms with E-state index < -0.39 is 6.10 Å². The molecule has 0 aromatic carbocycles. The highest BCUT2D eigenvalue weighted by Gasteiger charge is 2.16. The first-order valence-corrected chi connectivity index (χ1v) is 5.52. The van der Waals surface area contributed by atoms with Crippen molar-refractivity contribution in [2.24, 2.45) is 0 Å². The smallest absolute Gasteiger partial charge is 0.127 e. The van der Waals surface area contributed by atoms with Gasteiger partial charge in [0.1, 0.15) is 11.1 Å². The number of rotatable bonds is 2. The number of nitrogens with zero attached hydrogens (tertiary/aromatic N) is 1. The van der Waals surface area contributed by atoms with Crippen molar-refractivity contribution in [2.75, 3.05) is 0 Å². The van der Waals surface area contributed by atoms with Gasteiger partial charge in [-0.1, -0.05) is 6.08 Å². The Balaban J connectivity index is 2.12. The van der Waals surface area contributed by atoms with Crippen LogP contribution >= 0.6 is 11.3 Å². The van der Waals surface area contributed by atoms with E-state index >= 15 is 0 Å². The first-order chi connectivity index (χ1) is 6.38. The van der Waals surface area contributed by atoms with Crippen molar-refractivity contribution in [3.63, 3.8) is 0 Å². The lowest BCUT2D eigenvalue weighted by Gasteiger charge is -2.16. The van der Waals surface area contributed by atoms with E-state index in [-0.39, 0.29) is 0 Å². The van der Waals surface area contributed by atoms with Crippen molar-refractivity contribution >= 4 is 11.3 Å². The zero-order valence-corrected chi connectivity index (χ0v) is 8.26. The van der Waals surface area contributed by atoms with Gasteiger partial charge in [-0.2, -0.15) is 0 Å². The second-order valence-electron chi connectivity index (χ2n) is 3.30. The molecular weight excluding hydrogens is 182 g/mol. The summed E-state index contributed by atoms with van der Waals surface area (Å²) < 4.78 is 0. The lowest BCUT2D eigenvalue weighted by Crippen LogP contribution is -2.04. The van der Waals surface area contributed by atoms with Crippen molar-refractivity contribution < 1.29 is 5.11 Å². The number of aromatic nitrogens is 1. The molecule has 3 heteroatoms. The van der Waals surface area contributed by atoms with Crippen molar-refractivity contribution in [1.82, 2.24) is 4.98 Å². The predicted molar refractivity (Wildman–Crippen MR) is 53.6 cm³/mol. The molecule has 0 bridgehead atoms. The van der Waals surface area contributed by atoms with E-state index in [1.54, 1.807) is 6.20 Å². The van der Waals surface area contributed by atoms with Gasteiger partial charge in [-0.3, -0.25) is 0 Å². The third-order valence-corrected chi connectivity index (χ3v) is 3.19. The molecule has 1 aromatic heterocycles. The van der Waals surface area contributed by atoms with Crippen LogP contribution in [0.1, 0.15) is 36.8 Å². The third kappa shape index (κ3) is 1.98. The standard InChI is InChI=1S/C10H13NOS/c12-9(10-11-6-7-13-10)8-4-2-1-3-5-8/h4,6-7,9,12H,1-3,5H2. The molecule has 1 aromatic rings. The van der Waals surface area contributed by atoms with Crippen LogP contribution in [0, 0.1) is 0 Å². The summed E-state index contributed by atoms with van der Waals surface area (Å²) in [6.07, 6.45) is 8.06. The average Bonchev–Trinajstić information content (AvgIpc) is 2.71. The van der Waals surface area contributed by atoms with Crippen molar-refractivity contribution in [3.8, 4) is 0 Å². The Hall–Kier alpha value is -0.670. The molecule has 2 rings (SSSR count). The van der Waals surface area contributed by atoms with Gasteiger partial charge >= 0.3 is 0 Å². The molecule has 70 valence electrons. The van der Waals surface area contributed by atoms with E-state index in [4.69, 9.17) is 0 Å². The van der Waals surface area contributed by atoms with Crippen molar-refractivity contribution in [3.05, 3.63) is 28.2 Å². The SMILES string of the molecule is OC(C1=CCCCC1)c1nccs1. The topological polar surface area (TPSA) is 33.1 Å². The maximum Gasteiger partial charge on any atom is 0.127 e. The van der Waals surface area contributed by atoms with Crippen LogP contribution in [-0.4, -0.2) is 10.1 Å². The predicted octanol–water partition coefficient (Wildman–Crippen LogP) is 2.68. The molecule has 0 fully saturated rings. The summed E-state index contributed by atoms with van der Waals surface area (Å²) in [7, 11) is 0. The highest BCUT2D eigenvalue weighted by molar-refractivity contribution is 7.09. The number of allylic oxidation sites excluding steroid dienone is 1. The van der Waals surface area contributed by atoms with Crippen LogP contribution in [0.3, 0.4) is 0 Å². The number of aliphatic hydroxyl groups is 1. The van der Waals surface area contributed by atoms with E-state index in [2.05, 4.69) is 11.1 Å². The minimum atomic E-state index is -0.444. The zero-order chi connectivity index (χ0) is 9.10. The Morgan fingerprint density at radius 3 is 3.00 bits per heavy atom. The molecule has 0 amide bonds. The van der Waals surface area contributed by atoms with Crippen LogP contribution < -0.4 is 0 Å². The maximum atomic E-state index is 9.91. The first-order valence-electron chi connectivity index (χ1n) is 4.64. The Morgan fingerprint density at radius 2 is 2.38 bits per heavy atom. The van der Waals surface area contributed by atoms with Crippen LogP contribution in [0.15, 0.2) is 23.2 Å². The number of hydrogen-bond acceptors (Lipinski definition) is 3. The summed E-state index contributed by atoms with van der Waals surface area (Å²) in [6, 6.07) is 0. The molecule has 1 aliphatic carbocycles. The largest absolute Gasteiger partial charge is 0.381 e. The van der Waals surface area contributed by atoms with Gasteiger partial charge in [0.05, 0.1) is 0 Å². The Bertz CT molecular complexity index is 292. The van der Waals surface area contributed by atoms with Crippen LogP contribution in [0.4, 0.5) is 0 Å². The molecule has 0 saturated carbocycles. The van der Waals surface area contributed by atoms with Crippen LogP contribution in [0.5, 0.6) is 0 Å². The first kappa shape index (κ1) is 8.91. The fraction of sp³-hybridized carbons (Fsp3) is 0.500. The molecule has 1 N–H and O–H groups in total. The fourth-order valence-corrected chi connectivity index (χ4v) is 2.30. The lowest BCUT2D eigenvalue weighted by atomic mass is 9.96. The van der Waals surface area contributed by atoms with Gasteiger partial charge in [0.15, 0.2) is 0 Å². The van der Waals surface area contributed by atoms with E-state index in [9.17, 15) is 5.11 Å². The normalized spacial score (nSPS) is 19.6. The Morgan fingerprint density at radius 1 is 1.46 bits per heavy atom. The van der Waals surface area contributed by atoms with Gasteiger partial charge in [-0.05, 0) is 31.3 Å². The molecule has 0 radical (unpaired) electrons. The Kier molecular flexibility index (Phi) is 2.76. The van der Waals surface area contributed by atoms with Gasteiger partial charge in [0.25, 0.3) is 0 Å². The van der Waals surface area contributed by atoms with Gasteiger partial charge < -0.3 is 5.11 Å². The molecule has 1 atom stereocenters. The minimum absolute atomic E-state index is 0.444. The van der Waals surface area contributed by atoms with Crippen LogP contribution in [0.2, 0.25) is 0 Å². The number of aliphatic hydroxyl groups excluding tert-OH is 1. The molecular formula is C10H13NOS. The van der Waals surface area contributed by atoms with E-state index in [1.165, 1.54) is 24.2 Å². The third-order valence-electron chi connectivity index (χ3n) is 2.36. The molecule has 0 saturated heterocycles. The minimum Gasteiger partial charge on any atom is -0.381 e. The molecule has 1 unspecified atom stereocenters. The van der Waals surface area contributed by atoms with Gasteiger partial charge in [0.2, 0.25) is 0 Å². The zero-order valence-electron chi connectivity index (χ0n) is 7.44. The van der Waals surface area contributed by atoms with E-state index in [0.717, 1.165) is 23.4 Å². The summed E-state index contributed by atoms with van der Waals surface area (Å²) >= 11 is 1.52. The summed E-state index contributed by atoms with van der Waals surface area (Å²) in [6.45, 7) is 0. The van der Waals surface area contributed by atoms with Crippen LogP contribution in [0.25, 0.3) is 0 Å². The van der Waals surface area contributed by atoms with E-state index in [1.807, 2.05) is 5.38 Å². The summed E-state index contributed by atoms with van der Waals surface area (Å²) in [5.74, 6) is 0. The summed E-state index contributed by atoms with van der Waals surface area (Å²) in [5, 5.41) is 12.6. The summed E-state index contributed by atoms with van der Waals surface area (Å²) in [5.41, 5.74) is 1.15. The van der Waals surface area contributed by atoms with Crippen LogP contribution in [-0.2, 0) is 0 Å². The fourth-order valence-electron chi connectivity index (χ4n) is 1.64. The molecule has 1 aliphatic rings.